The molecule has 0 aliphatic carbocycles. The molecule has 2 aromatic carbocycles. The second kappa shape index (κ2) is 7.46. The summed E-state index contributed by atoms with van der Waals surface area (Å²) >= 11 is 17.1. The van der Waals surface area contributed by atoms with Crippen molar-refractivity contribution in [1.82, 2.24) is 5.32 Å². The standard InChI is InChI=1S/C14H13Cl2N3O2S2/c15-10-3-6-12(16)13(7-10)19-14(22)18-8-9-1-4-11(5-2-9)23(17,20)21/h1-7H,8H2,(H2,17,20,21)(H2,18,19,22). The van der Waals surface area contributed by atoms with Crippen molar-refractivity contribution in [2.45, 2.75) is 11.4 Å². The van der Waals surface area contributed by atoms with Gasteiger partial charge in [0.2, 0.25) is 10.0 Å². The first-order chi connectivity index (χ1) is 10.8. The minimum atomic E-state index is -3.69. The van der Waals surface area contributed by atoms with Crippen molar-refractivity contribution < 1.29 is 8.42 Å². The number of nitrogens with two attached hydrogens (primary N) is 1. The van der Waals surface area contributed by atoms with Crippen molar-refractivity contribution in [3.63, 3.8) is 0 Å². The molecule has 0 aliphatic heterocycles. The number of sulfonamides is 1. The maximum Gasteiger partial charge on any atom is 0.238 e. The molecule has 0 heterocycles. The third-order valence-corrected chi connectivity index (χ3v) is 4.62. The molecule has 4 N–H and O–H groups in total. The molecule has 0 spiro atoms. The molecule has 0 unspecified atom stereocenters. The fourth-order valence-electron chi connectivity index (χ4n) is 1.74. The zero-order valence-corrected chi connectivity index (χ0v) is 14.9. The van der Waals surface area contributed by atoms with Crippen molar-refractivity contribution in [2.75, 3.05) is 5.32 Å². The molecule has 0 fully saturated rings. The zero-order chi connectivity index (χ0) is 17.0. The Labute approximate surface area is 149 Å². The summed E-state index contributed by atoms with van der Waals surface area (Å²) < 4.78 is 22.4. The van der Waals surface area contributed by atoms with Crippen LogP contribution in [0.1, 0.15) is 5.56 Å². The quantitative estimate of drug-likeness (QED) is 0.699. The Hall–Kier alpha value is -1.38. The van der Waals surface area contributed by atoms with E-state index in [4.69, 9.17) is 40.6 Å². The van der Waals surface area contributed by atoms with Crippen molar-refractivity contribution in [3.05, 3.63) is 58.1 Å². The summed E-state index contributed by atoms with van der Waals surface area (Å²) in [5, 5.41) is 12.4. The normalized spacial score (nSPS) is 11.1. The minimum absolute atomic E-state index is 0.0626. The van der Waals surface area contributed by atoms with Gasteiger partial charge in [-0.3, -0.25) is 0 Å². The Kier molecular flexibility index (Phi) is 5.83. The molecule has 122 valence electrons. The molecule has 0 bridgehead atoms. The predicted molar refractivity (Wildman–Crippen MR) is 97.3 cm³/mol. The van der Waals surface area contributed by atoms with E-state index in [2.05, 4.69) is 10.6 Å². The van der Waals surface area contributed by atoms with Crippen LogP contribution in [0.5, 0.6) is 0 Å². The molecule has 0 radical (unpaired) electrons. The maximum atomic E-state index is 11.2. The van der Waals surface area contributed by atoms with E-state index in [1.807, 2.05) is 0 Å². The average Bonchev–Trinajstić information content (AvgIpc) is 2.48. The number of hydrogen-bond donors (Lipinski definition) is 3. The summed E-state index contributed by atoms with van der Waals surface area (Å²) in [6.45, 7) is 0.412. The van der Waals surface area contributed by atoms with Crippen LogP contribution in [0.3, 0.4) is 0 Å². The number of nitrogens with one attached hydrogen (secondary N) is 2. The Bertz CT molecular complexity index is 824. The second-order valence-corrected chi connectivity index (χ2v) is 7.43. The summed E-state index contributed by atoms with van der Waals surface area (Å²) in [6, 6.07) is 11.2. The van der Waals surface area contributed by atoms with Crippen LogP contribution in [0.25, 0.3) is 0 Å². The Balaban J connectivity index is 1.95. The van der Waals surface area contributed by atoms with Gasteiger partial charge in [0.25, 0.3) is 0 Å². The molecule has 0 atom stereocenters. The Morgan fingerprint density at radius 1 is 1.13 bits per heavy atom. The monoisotopic (exact) mass is 389 g/mol. The highest BCUT2D eigenvalue weighted by Gasteiger charge is 2.07. The van der Waals surface area contributed by atoms with Gasteiger partial charge in [0.1, 0.15) is 0 Å². The van der Waals surface area contributed by atoms with Gasteiger partial charge in [-0.05, 0) is 48.1 Å². The van der Waals surface area contributed by atoms with Crippen molar-refractivity contribution in [1.29, 1.82) is 0 Å². The van der Waals surface area contributed by atoms with Crippen LogP contribution < -0.4 is 15.8 Å². The number of primary sulfonamides is 1. The van der Waals surface area contributed by atoms with Crippen LogP contribution in [-0.2, 0) is 16.6 Å². The van der Waals surface area contributed by atoms with E-state index in [0.29, 0.717) is 27.4 Å². The number of halogens is 2. The molecule has 23 heavy (non-hydrogen) atoms. The van der Waals surface area contributed by atoms with Crippen LogP contribution >= 0.6 is 35.4 Å². The van der Waals surface area contributed by atoms with Crippen molar-refractivity contribution >= 4 is 56.2 Å². The lowest BCUT2D eigenvalue weighted by Gasteiger charge is -2.12. The van der Waals surface area contributed by atoms with E-state index in [9.17, 15) is 8.42 Å². The fraction of sp³-hybridized carbons (Fsp3) is 0.0714. The van der Waals surface area contributed by atoms with Crippen LogP contribution in [0, 0.1) is 0 Å². The maximum absolute atomic E-state index is 11.2. The van der Waals surface area contributed by atoms with Crippen molar-refractivity contribution in [2.24, 2.45) is 5.14 Å². The fourth-order valence-corrected chi connectivity index (χ4v) is 2.77. The Morgan fingerprint density at radius 3 is 2.39 bits per heavy atom. The zero-order valence-electron chi connectivity index (χ0n) is 11.7. The molecule has 0 amide bonds. The molecule has 0 aliphatic rings. The van der Waals surface area contributed by atoms with Crippen LogP contribution in [0.2, 0.25) is 10.0 Å². The van der Waals surface area contributed by atoms with Gasteiger partial charge in [0.05, 0.1) is 15.6 Å². The lowest BCUT2D eigenvalue weighted by atomic mass is 10.2. The number of anilines is 1. The number of benzene rings is 2. The van der Waals surface area contributed by atoms with Crippen molar-refractivity contribution in [3.8, 4) is 0 Å². The molecule has 0 aromatic heterocycles. The summed E-state index contributed by atoms with van der Waals surface area (Å²) in [7, 11) is -3.69. The highest BCUT2D eigenvalue weighted by molar-refractivity contribution is 7.89. The molecule has 9 heteroatoms. The van der Waals surface area contributed by atoms with E-state index in [1.165, 1.54) is 12.1 Å². The topological polar surface area (TPSA) is 84.2 Å². The van der Waals surface area contributed by atoms with E-state index in [1.54, 1.807) is 30.3 Å². The highest BCUT2D eigenvalue weighted by Crippen LogP contribution is 2.25. The summed E-state index contributed by atoms with van der Waals surface area (Å²) in [5.41, 5.74) is 1.44. The highest BCUT2D eigenvalue weighted by atomic mass is 35.5. The Morgan fingerprint density at radius 2 is 1.78 bits per heavy atom. The summed E-state index contributed by atoms with van der Waals surface area (Å²) in [4.78, 5) is 0.0626. The van der Waals surface area contributed by atoms with Gasteiger partial charge < -0.3 is 10.6 Å². The molecule has 5 nitrogen and oxygen atoms in total. The molecule has 2 rings (SSSR count). The smallest absolute Gasteiger partial charge is 0.238 e. The first-order valence-electron chi connectivity index (χ1n) is 6.37. The summed E-state index contributed by atoms with van der Waals surface area (Å²) in [5.74, 6) is 0. The van der Waals surface area contributed by atoms with Gasteiger partial charge >= 0.3 is 0 Å². The van der Waals surface area contributed by atoms with Gasteiger partial charge in [-0.2, -0.15) is 0 Å². The third kappa shape index (κ3) is 5.33. The predicted octanol–water partition coefficient (Wildman–Crippen LogP) is 3.13. The van der Waals surface area contributed by atoms with Gasteiger partial charge in [-0.15, -0.1) is 0 Å². The molecule has 0 saturated heterocycles. The molecule has 2 aromatic rings. The summed E-state index contributed by atoms with van der Waals surface area (Å²) in [6.07, 6.45) is 0. The number of hydrogen-bond acceptors (Lipinski definition) is 3. The lowest BCUT2D eigenvalue weighted by molar-refractivity contribution is 0.597. The van der Waals surface area contributed by atoms with Gasteiger partial charge in [-0.25, -0.2) is 13.6 Å². The van der Waals surface area contributed by atoms with E-state index in [-0.39, 0.29) is 4.90 Å². The van der Waals surface area contributed by atoms with Gasteiger partial charge in [0, 0.05) is 11.6 Å². The largest absolute Gasteiger partial charge is 0.358 e. The molecular weight excluding hydrogens is 377 g/mol. The SMILES string of the molecule is NS(=O)(=O)c1ccc(CNC(=S)Nc2cc(Cl)ccc2Cl)cc1. The first-order valence-corrected chi connectivity index (χ1v) is 9.08. The van der Waals surface area contributed by atoms with Crippen LogP contribution in [0.4, 0.5) is 5.69 Å². The molecular formula is C14H13Cl2N3O2S2. The third-order valence-electron chi connectivity index (χ3n) is 2.88. The minimum Gasteiger partial charge on any atom is -0.358 e. The second-order valence-electron chi connectivity index (χ2n) is 4.62. The first kappa shape index (κ1) is 18.0. The average molecular weight is 390 g/mol. The number of thiocarbonyl (C=S) groups is 1. The van der Waals surface area contributed by atoms with Crippen LogP contribution in [-0.4, -0.2) is 13.5 Å². The van der Waals surface area contributed by atoms with E-state index >= 15 is 0 Å². The lowest BCUT2D eigenvalue weighted by Crippen LogP contribution is -2.28. The van der Waals surface area contributed by atoms with Gasteiger partial charge in [0.15, 0.2) is 5.11 Å². The van der Waals surface area contributed by atoms with E-state index < -0.39 is 10.0 Å². The van der Waals surface area contributed by atoms with Gasteiger partial charge in [-0.1, -0.05) is 35.3 Å². The van der Waals surface area contributed by atoms with Crippen LogP contribution in [0.15, 0.2) is 47.4 Å². The molecule has 0 saturated carbocycles. The van der Waals surface area contributed by atoms with E-state index in [0.717, 1.165) is 5.56 Å². The number of rotatable bonds is 4.